The standard InChI is InChI=1S/C26H30F3N3O2S/c1-25(34,26(27,28)29)19-9-7-17(8-10-19)13-23(33)31-24-20(14-30)21-16-32(12-11-22(21)35-24)15-18-5-3-2-4-6-18/h7-10,18,34H,2-6,11-13,15-16H2,1H3,(H,31,33). The Morgan fingerprint density at radius 2 is 1.91 bits per heavy atom. The van der Waals surface area contributed by atoms with Crippen LogP contribution in [0.25, 0.3) is 0 Å². The first kappa shape index (κ1) is 25.7. The third kappa shape index (κ3) is 5.71. The molecule has 5 nitrogen and oxygen atoms in total. The van der Waals surface area contributed by atoms with Crippen LogP contribution in [0.3, 0.4) is 0 Å². The predicted octanol–water partition coefficient (Wildman–Crippen LogP) is 5.51. The van der Waals surface area contributed by atoms with Gasteiger partial charge in [0.1, 0.15) is 11.1 Å². The number of alkyl halides is 3. The van der Waals surface area contributed by atoms with Crippen LogP contribution in [0.2, 0.25) is 0 Å². The van der Waals surface area contributed by atoms with Crippen LogP contribution in [0.15, 0.2) is 24.3 Å². The second kappa shape index (κ2) is 10.3. The molecule has 188 valence electrons. The Hall–Kier alpha value is -2.41. The Morgan fingerprint density at radius 3 is 2.54 bits per heavy atom. The Balaban J connectivity index is 1.40. The zero-order valence-corrected chi connectivity index (χ0v) is 20.6. The Labute approximate surface area is 207 Å². The number of thiophene rings is 1. The van der Waals surface area contributed by atoms with Crippen LogP contribution in [-0.4, -0.2) is 35.2 Å². The van der Waals surface area contributed by atoms with Gasteiger partial charge in [-0.25, -0.2) is 0 Å². The van der Waals surface area contributed by atoms with E-state index < -0.39 is 11.8 Å². The minimum absolute atomic E-state index is 0.0460. The van der Waals surface area contributed by atoms with Gasteiger partial charge >= 0.3 is 6.18 Å². The molecular formula is C26H30F3N3O2S. The van der Waals surface area contributed by atoms with E-state index in [0.29, 0.717) is 23.1 Å². The molecular weight excluding hydrogens is 475 g/mol. The first-order valence-corrected chi connectivity index (χ1v) is 12.9. The molecule has 0 bridgehead atoms. The first-order valence-electron chi connectivity index (χ1n) is 12.0. The van der Waals surface area contributed by atoms with Gasteiger partial charge in [-0.05, 0) is 43.2 Å². The van der Waals surface area contributed by atoms with Gasteiger partial charge in [0.25, 0.3) is 0 Å². The van der Waals surface area contributed by atoms with E-state index in [1.54, 1.807) is 0 Å². The molecule has 1 atom stereocenters. The molecule has 9 heteroatoms. The molecule has 0 saturated heterocycles. The summed E-state index contributed by atoms with van der Waals surface area (Å²) in [4.78, 5) is 16.2. The SMILES string of the molecule is CC(O)(c1ccc(CC(=O)Nc2sc3c(c2C#N)CN(CC2CCCCC2)CC3)cc1)C(F)(F)F. The number of hydrogen-bond donors (Lipinski definition) is 2. The summed E-state index contributed by atoms with van der Waals surface area (Å²) in [6.45, 7) is 3.43. The number of benzene rings is 1. The highest BCUT2D eigenvalue weighted by atomic mass is 32.1. The summed E-state index contributed by atoms with van der Waals surface area (Å²) in [5.41, 5.74) is -1.21. The Bertz CT molecular complexity index is 1100. The fourth-order valence-electron chi connectivity index (χ4n) is 5.01. The van der Waals surface area contributed by atoms with Gasteiger partial charge in [0.2, 0.25) is 5.91 Å². The van der Waals surface area contributed by atoms with E-state index in [0.717, 1.165) is 42.4 Å². The van der Waals surface area contributed by atoms with Crippen molar-refractivity contribution in [1.82, 2.24) is 4.90 Å². The zero-order chi connectivity index (χ0) is 25.2. The third-order valence-corrected chi connectivity index (χ3v) is 8.37. The number of aliphatic hydroxyl groups is 1. The van der Waals surface area contributed by atoms with Gasteiger partial charge in [-0.15, -0.1) is 11.3 Å². The van der Waals surface area contributed by atoms with Crippen molar-refractivity contribution in [3.8, 4) is 6.07 Å². The number of carbonyl (C=O) groups is 1. The van der Waals surface area contributed by atoms with Gasteiger partial charge in [-0.3, -0.25) is 9.69 Å². The number of nitriles is 1. The van der Waals surface area contributed by atoms with Crippen molar-refractivity contribution in [2.24, 2.45) is 5.92 Å². The maximum Gasteiger partial charge on any atom is 0.421 e. The number of carbonyl (C=O) groups excluding carboxylic acids is 1. The van der Waals surface area contributed by atoms with E-state index >= 15 is 0 Å². The first-order chi connectivity index (χ1) is 16.6. The fourth-order valence-corrected chi connectivity index (χ4v) is 6.17. The molecule has 2 aliphatic rings. The van der Waals surface area contributed by atoms with Crippen molar-refractivity contribution < 1.29 is 23.1 Å². The highest BCUT2D eigenvalue weighted by Gasteiger charge is 2.51. The van der Waals surface area contributed by atoms with Crippen LogP contribution in [0.1, 0.15) is 66.2 Å². The summed E-state index contributed by atoms with van der Waals surface area (Å²) in [6.07, 6.45) is 2.48. The molecule has 1 fully saturated rings. The van der Waals surface area contributed by atoms with E-state index in [2.05, 4.69) is 16.3 Å². The highest BCUT2D eigenvalue weighted by molar-refractivity contribution is 7.16. The van der Waals surface area contributed by atoms with Crippen LogP contribution >= 0.6 is 11.3 Å². The van der Waals surface area contributed by atoms with Gasteiger partial charge in [0.05, 0.1) is 12.0 Å². The number of nitrogens with one attached hydrogen (secondary N) is 1. The molecule has 0 spiro atoms. The van der Waals surface area contributed by atoms with Crippen molar-refractivity contribution in [2.45, 2.75) is 70.2 Å². The minimum atomic E-state index is -4.80. The van der Waals surface area contributed by atoms with E-state index in [-0.39, 0.29) is 17.9 Å². The van der Waals surface area contributed by atoms with Crippen LogP contribution in [0.4, 0.5) is 18.2 Å². The summed E-state index contributed by atoms with van der Waals surface area (Å²) in [5, 5.41) is 23.0. The Morgan fingerprint density at radius 1 is 1.23 bits per heavy atom. The van der Waals surface area contributed by atoms with Crippen LogP contribution in [0.5, 0.6) is 0 Å². The highest BCUT2D eigenvalue weighted by Crippen LogP contribution is 2.39. The van der Waals surface area contributed by atoms with Crippen molar-refractivity contribution in [3.63, 3.8) is 0 Å². The zero-order valence-electron chi connectivity index (χ0n) is 19.7. The summed E-state index contributed by atoms with van der Waals surface area (Å²) >= 11 is 1.44. The Kier molecular flexibility index (Phi) is 7.55. The number of rotatable bonds is 6. The number of nitrogens with zero attached hydrogens (tertiary/aromatic N) is 2. The van der Waals surface area contributed by atoms with Crippen molar-refractivity contribution in [2.75, 3.05) is 18.4 Å². The fraction of sp³-hybridized carbons (Fsp3) is 0.538. The number of amides is 1. The summed E-state index contributed by atoms with van der Waals surface area (Å²) < 4.78 is 39.1. The van der Waals surface area contributed by atoms with E-state index in [4.69, 9.17) is 0 Å². The lowest BCUT2D eigenvalue weighted by Gasteiger charge is -2.32. The normalized spacial score (nSPS) is 19.0. The number of fused-ring (bicyclic) bond motifs is 1. The van der Waals surface area contributed by atoms with Crippen molar-refractivity contribution >= 4 is 22.2 Å². The van der Waals surface area contributed by atoms with Crippen molar-refractivity contribution in [3.05, 3.63) is 51.4 Å². The molecule has 2 N–H and O–H groups in total. The molecule has 1 amide bonds. The quantitative estimate of drug-likeness (QED) is 0.543. The van der Waals surface area contributed by atoms with Gasteiger partial charge in [-0.2, -0.15) is 18.4 Å². The molecule has 1 aromatic carbocycles. The lowest BCUT2D eigenvalue weighted by Crippen LogP contribution is -2.39. The minimum Gasteiger partial charge on any atom is -0.376 e. The largest absolute Gasteiger partial charge is 0.421 e. The number of halogens is 3. The lowest BCUT2D eigenvalue weighted by molar-refractivity contribution is -0.258. The average Bonchev–Trinajstić information content (AvgIpc) is 3.15. The summed E-state index contributed by atoms with van der Waals surface area (Å²) in [6, 6.07) is 7.45. The second-order valence-electron chi connectivity index (χ2n) is 9.80. The molecule has 2 aromatic rings. The van der Waals surface area contributed by atoms with E-state index in [1.807, 2.05) is 0 Å². The smallest absolute Gasteiger partial charge is 0.376 e. The molecule has 4 rings (SSSR count). The van der Waals surface area contributed by atoms with Gasteiger partial charge in [-0.1, -0.05) is 43.5 Å². The maximum absolute atomic E-state index is 13.0. The van der Waals surface area contributed by atoms with Crippen LogP contribution in [0, 0.1) is 17.2 Å². The molecule has 1 aromatic heterocycles. The third-order valence-electron chi connectivity index (χ3n) is 7.17. The van der Waals surface area contributed by atoms with E-state index in [9.17, 15) is 28.3 Å². The average molecular weight is 506 g/mol. The van der Waals surface area contributed by atoms with Crippen LogP contribution < -0.4 is 5.32 Å². The second-order valence-corrected chi connectivity index (χ2v) is 10.9. The predicted molar refractivity (Wildman–Crippen MR) is 129 cm³/mol. The summed E-state index contributed by atoms with van der Waals surface area (Å²) in [7, 11) is 0. The molecule has 35 heavy (non-hydrogen) atoms. The maximum atomic E-state index is 13.0. The molecule has 0 radical (unpaired) electrons. The van der Waals surface area contributed by atoms with E-state index in [1.165, 1.54) is 67.7 Å². The van der Waals surface area contributed by atoms with Crippen LogP contribution in [-0.2, 0) is 29.8 Å². The van der Waals surface area contributed by atoms with Gasteiger partial charge in [0.15, 0.2) is 5.60 Å². The number of anilines is 1. The molecule has 1 unspecified atom stereocenters. The van der Waals surface area contributed by atoms with Crippen molar-refractivity contribution in [1.29, 1.82) is 5.26 Å². The van der Waals surface area contributed by atoms with Gasteiger partial charge < -0.3 is 10.4 Å². The molecule has 1 saturated carbocycles. The number of hydrogen-bond acceptors (Lipinski definition) is 5. The molecule has 1 aliphatic heterocycles. The topological polar surface area (TPSA) is 76.4 Å². The monoisotopic (exact) mass is 505 g/mol. The molecule has 1 aliphatic carbocycles. The summed E-state index contributed by atoms with van der Waals surface area (Å²) in [5.74, 6) is 0.384. The lowest BCUT2D eigenvalue weighted by atomic mass is 9.88. The molecule has 2 heterocycles. The van der Waals surface area contributed by atoms with Gasteiger partial charge in [0, 0.05) is 30.1 Å².